The molecule has 2 aromatic rings. The summed E-state index contributed by atoms with van der Waals surface area (Å²) in [7, 11) is -2.37. The van der Waals surface area contributed by atoms with Crippen LogP contribution in [0.25, 0.3) is 0 Å². The number of thiol groups is 1. The van der Waals surface area contributed by atoms with Gasteiger partial charge in [-0.3, -0.25) is 9.97 Å². The predicted molar refractivity (Wildman–Crippen MR) is 93.9 cm³/mol. The van der Waals surface area contributed by atoms with Gasteiger partial charge < -0.3 is 10.2 Å². The number of alkyl halides is 3. The van der Waals surface area contributed by atoms with E-state index >= 15 is 0 Å². The number of anilines is 2. The zero-order valence-corrected chi connectivity index (χ0v) is 15.5. The van der Waals surface area contributed by atoms with Crippen molar-refractivity contribution in [1.29, 1.82) is 0 Å². The average molecular weight is 404 g/mol. The summed E-state index contributed by atoms with van der Waals surface area (Å²) in [4.78, 5) is 7.45. The van der Waals surface area contributed by atoms with Crippen molar-refractivity contribution < 1.29 is 21.6 Å². The van der Waals surface area contributed by atoms with Crippen molar-refractivity contribution in [2.24, 2.45) is 0 Å². The topological polar surface area (TPSA) is 75.2 Å². The van der Waals surface area contributed by atoms with Crippen LogP contribution in [0, 0.1) is 0 Å². The van der Waals surface area contributed by atoms with Crippen LogP contribution in [0.1, 0.15) is 18.2 Å². The molecule has 0 saturated heterocycles. The fourth-order valence-electron chi connectivity index (χ4n) is 2.68. The lowest BCUT2D eigenvalue weighted by Gasteiger charge is -2.33. The lowest BCUT2D eigenvalue weighted by molar-refractivity contribution is -0.138. The van der Waals surface area contributed by atoms with E-state index in [1.807, 2.05) is 0 Å². The third-order valence-corrected chi connectivity index (χ3v) is 6.55. The molecule has 1 N–H and O–H groups in total. The molecule has 0 amide bonds. The average Bonchev–Trinajstić information content (AvgIpc) is 2.86. The number of sulfone groups is 1. The Hall–Kier alpha value is -2.01. The molecule has 1 unspecified atom stereocenters. The van der Waals surface area contributed by atoms with Gasteiger partial charge in [-0.25, -0.2) is 8.42 Å². The number of hydrogen-bond acceptors (Lipinski definition) is 7. The summed E-state index contributed by atoms with van der Waals surface area (Å²) in [5, 5.41) is 3.01. The summed E-state index contributed by atoms with van der Waals surface area (Å²) in [6, 6.07) is 2.26. The Kier molecular flexibility index (Phi) is 4.34. The molecule has 0 aliphatic carbocycles. The van der Waals surface area contributed by atoms with Gasteiger partial charge in [0.15, 0.2) is 9.84 Å². The SMILES string of the molecule is CCS(=O)(=O)c1cc(C(F)(F)F)cnc1C1(S)Nc2ccncc2N1C. The molecule has 0 fully saturated rings. The van der Waals surface area contributed by atoms with Gasteiger partial charge in [0.1, 0.15) is 5.69 Å². The summed E-state index contributed by atoms with van der Waals surface area (Å²) in [6.45, 7) is 1.36. The molecule has 0 radical (unpaired) electrons. The van der Waals surface area contributed by atoms with Crippen LogP contribution in [0.4, 0.5) is 24.5 Å². The summed E-state index contributed by atoms with van der Waals surface area (Å²) in [5.74, 6) is -0.370. The maximum Gasteiger partial charge on any atom is 0.417 e. The summed E-state index contributed by atoms with van der Waals surface area (Å²) in [5.41, 5.74) is -0.0393. The monoisotopic (exact) mass is 404 g/mol. The van der Waals surface area contributed by atoms with Gasteiger partial charge in [0, 0.05) is 19.4 Å². The number of nitrogens with one attached hydrogen (secondary N) is 1. The second kappa shape index (κ2) is 6.02. The smallest absolute Gasteiger partial charge is 0.347 e. The Morgan fingerprint density at radius 1 is 1.35 bits per heavy atom. The lowest BCUT2D eigenvalue weighted by Crippen LogP contribution is -2.43. The molecule has 3 heterocycles. The Bertz CT molecular complexity index is 966. The van der Waals surface area contributed by atoms with E-state index in [0.29, 0.717) is 23.6 Å². The molecule has 26 heavy (non-hydrogen) atoms. The van der Waals surface area contributed by atoms with E-state index < -0.39 is 31.5 Å². The van der Waals surface area contributed by atoms with Gasteiger partial charge in [-0.2, -0.15) is 13.2 Å². The highest BCUT2D eigenvalue weighted by molar-refractivity contribution is 7.91. The molecular weight excluding hydrogens is 389 g/mol. The minimum atomic E-state index is -4.71. The van der Waals surface area contributed by atoms with E-state index in [2.05, 4.69) is 27.9 Å². The molecule has 1 aliphatic heterocycles. The first-order valence-corrected chi connectivity index (χ1v) is 9.59. The van der Waals surface area contributed by atoms with E-state index in [-0.39, 0.29) is 11.4 Å². The second-order valence-corrected chi connectivity index (χ2v) is 8.61. The van der Waals surface area contributed by atoms with E-state index in [0.717, 1.165) is 0 Å². The van der Waals surface area contributed by atoms with Gasteiger partial charge in [0.05, 0.1) is 33.8 Å². The second-order valence-electron chi connectivity index (χ2n) is 5.72. The highest BCUT2D eigenvalue weighted by Gasteiger charge is 2.45. The largest absolute Gasteiger partial charge is 0.417 e. The third-order valence-electron chi connectivity index (χ3n) is 4.18. The van der Waals surface area contributed by atoms with Crippen LogP contribution in [-0.4, -0.2) is 31.2 Å². The number of aromatic nitrogens is 2. The summed E-state index contributed by atoms with van der Waals surface area (Å²) < 4.78 is 64.2. The molecule has 0 spiro atoms. The molecule has 1 aliphatic rings. The maximum atomic E-state index is 13.1. The van der Waals surface area contributed by atoms with E-state index in [1.165, 1.54) is 13.1 Å². The molecule has 6 nitrogen and oxygen atoms in total. The fourth-order valence-corrected chi connectivity index (χ4v) is 4.27. The Morgan fingerprint density at radius 2 is 2.04 bits per heavy atom. The van der Waals surface area contributed by atoms with E-state index in [1.54, 1.807) is 24.2 Å². The Balaban J connectivity index is 2.23. The van der Waals surface area contributed by atoms with Crippen LogP contribution in [0.5, 0.6) is 0 Å². The standard InChI is InChI=1S/C15H15F3N4O2S2/c1-3-26(23,24)12-6-9(14(16,17)18)7-20-13(12)15(25)21-10-4-5-19-8-11(10)22(15)2/h4-8,21,25H,3H2,1-2H3. The Morgan fingerprint density at radius 3 is 2.62 bits per heavy atom. The quantitative estimate of drug-likeness (QED) is 0.767. The molecule has 0 aromatic carbocycles. The van der Waals surface area contributed by atoms with Crippen LogP contribution >= 0.6 is 12.6 Å². The van der Waals surface area contributed by atoms with Crippen LogP contribution in [0.15, 0.2) is 35.6 Å². The fraction of sp³-hybridized carbons (Fsp3) is 0.333. The molecule has 3 rings (SSSR count). The highest BCUT2D eigenvalue weighted by Crippen LogP contribution is 2.47. The first-order chi connectivity index (χ1) is 12.0. The normalized spacial score (nSPS) is 20.0. The molecule has 0 saturated carbocycles. The first kappa shape index (κ1) is 18.8. The first-order valence-electron chi connectivity index (χ1n) is 7.49. The van der Waals surface area contributed by atoms with Crippen molar-refractivity contribution in [1.82, 2.24) is 9.97 Å². The molecule has 0 bridgehead atoms. The van der Waals surface area contributed by atoms with Gasteiger partial charge in [0.2, 0.25) is 4.99 Å². The molecule has 140 valence electrons. The van der Waals surface area contributed by atoms with Crippen molar-refractivity contribution in [3.05, 3.63) is 42.0 Å². The van der Waals surface area contributed by atoms with Crippen molar-refractivity contribution in [2.45, 2.75) is 23.0 Å². The summed E-state index contributed by atoms with van der Waals surface area (Å²) >= 11 is 4.54. The predicted octanol–water partition coefficient (Wildman–Crippen LogP) is 2.89. The minimum Gasteiger partial charge on any atom is -0.347 e. The van der Waals surface area contributed by atoms with Gasteiger partial charge in [0.25, 0.3) is 0 Å². The summed E-state index contributed by atoms with van der Waals surface area (Å²) in [6.07, 6.45) is -1.03. The number of halogens is 3. The van der Waals surface area contributed by atoms with Crippen LogP contribution in [0.2, 0.25) is 0 Å². The number of fused-ring (bicyclic) bond motifs is 1. The zero-order valence-electron chi connectivity index (χ0n) is 13.7. The zero-order chi connectivity index (χ0) is 19.3. The van der Waals surface area contributed by atoms with Crippen molar-refractivity contribution in [3.63, 3.8) is 0 Å². The lowest BCUT2D eigenvalue weighted by atomic mass is 10.2. The van der Waals surface area contributed by atoms with Crippen LogP contribution in [-0.2, 0) is 21.0 Å². The molecule has 11 heteroatoms. The van der Waals surface area contributed by atoms with E-state index in [9.17, 15) is 21.6 Å². The van der Waals surface area contributed by atoms with Crippen LogP contribution < -0.4 is 10.2 Å². The van der Waals surface area contributed by atoms with Gasteiger partial charge in [-0.15, -0.1) is 12.6 Å². The number of hydrogen-bond donors (Lipinski definition) is 2. The van der Waals surface area contributed by atoms with Gasteiger partial charge >= 0.3 is 6.18 Å². The van der Waals surface area contributed by atoms with Crippen molar-refractivity contribution in [3.8, 4) is 0 Å². The third kappa shape index (κ3) is 2.88. The van der Waals surface area contributed by atoms with Crippen LogP contribution in [0.3, 0.4) is 0 Å². The molecule has 2 aromatic heterocycles. The maximum absolute atomic E-state index is 13.1. The molecule has 1 atom stereocenters. The number of rotatable bonds is 3. The number of nitrogens with zero attached hydrogens (tertiary/aromatic N) is 3. The minimum absolute atomic E-state index is 0.130. The van der Waals surface area contributed by atoms with Crippen molar-refractivity contribution in [2.75, 3.05) is 23.0 Å². The molecular formula is C15H15F3N4O2S2. The number of pyridine rings is 2. The Labute approximate surface area is 153 Å². The van der Waals surface area contributed by atoms with Crippen molar-refractivity contribution >= 4 is 33.8 Å². The van der Waals surface area contributed by atoms with Gasteiger partial charge in [-0.1, -0.05) is 6.92 Å². The van der Waals surface area contributed by atoms with E-state index in [4.69, 9.17) is 0 Å². The van der Waals surface area contributed by atoms with Gasteiger partial charge in [-0.05, 0) is 12.1 Å². The highest BCUT2D eigenvalue weighted by atomic mass is 32.2.